The molecule has 0 aliphatic carbocycles. The Morgan fingerprint density at radius 2 is 2.00 bits per heavy atom. The van der Waals surface area contributed by atoms with Gasteiger partial charge < -0.3 is 15.2 Å². The van der Waals surface area contributed by atoms with Crippen LogP contribution < -0.4 is 10.1 Å². The van der Waals surface area contributed by atoms with E-state index in [0.29, 0.717) is 18.6 Å². The van der Waals surface area contributed by atoms with Crippen molar-refractivity contribution >= 4 is 5.91 Å². The zero-order valence-electron chi connectivity index (χ0n) is 11.8. The Bertz CT molecular complexity index is 388. The Balaban J connectivity index is 2.67. The highest BCUT2D eigenvalue weighted by Gasteiger charge is 2.27. The van der Waals surface area contributed by atoms with Crippen molar-refractivity contribution in [3.8, 4) is 5.75 Å². The Labute approximate surface area is 114 Å². The zero-order valence-corrected chi connectivity index (χ0v) is 11.8. The van der Waals surface area contributed by atoms with Gasteiger partial charge in [0.2, 0.25) is 0 Å². The molecule has 1 amide bonds. The van der Waals surface area contributed by atoms with Gasteiger partial charge in [0.15, 0.2) is 6.10 Å². The number of nitrogens with one attached hydrogen (secondary N) is 1. The third-order valence-electron chi connectivity index (χ3n) is 3.24. The van der Waals surface area contributed by atoms with Gasteiger partial charge in [-0.05, 0) is 31.9 Å². The van der Waals surface area contributed by atoms with Gasteiger partial charge in [-0.1, -0.05) is 32.0 Å². The van der Waals surface area contributed by atoms with E-state index in [-0.39, 0.29) is 12.5 Å². The first-order valence-corrected chi connectivity index (χ1v) is 6.69. The van der Waals surface area contributed by atoms with Crippen LogP contribution in [-0.2, 0) is 4.79 Å². The van der Waals surface area contributed by atoms with Gasteiger partial charge in [0, 0.05) is 0 Å². The lowest BCUT2D eigenvalue weighted by Gasteiger charge is -2.29. The molecular formula is C15H23NO3. The number of amides is 1. The molecule has 2 atom stereocenters. The van der Waals surface area contributed by atoms with Gasteiger partial charge in [-0.3, -0.25) is 4.79 Å². The monoisotopic (exact) mass is 265 g/mol. The first-order valence-electron chi connectivity index (χ1n) is 6.69. The molecule has 106 valence electrons. The van der Waals surface area contributed by atoms with E-state index in [1.165, 1.54) is 0 Å². The predicted molar refractivity (Wildman–Crippen MR) is 75.1 cm³/mol. The number of ether oxygens (including phenoxy) is 1. The highest BCUT2D eigenvalue weighted by Crippen LogP contribution is 2.14. The average molecular weight is 265 g/mol. The van der Waals surface area contributed by atoms with Crippen LogP contribution in [0.3, 0.4) is 0 Å². The molecule has 0 aliphatic heterocycles. The molecule has 0 heterocycles. The number of carbonyl (C=O) groups excluding carboxylic acids is 1. The van der Waals surface area contributed by atoms with E-state index in [0.717, 1.165) is 0 Å². The Kier molecular flexibility index (Phi) is 5.83. The minimum atomic E-state index is -0.593. The zero-order chi connectivity index (χ0) is 14.3. The van der Waals surface area contributed by atoms with Gasteiger partial charge in [0.05, 0.1) is 12.1 Å². The van der Waals surface area contributed by atoms with Crippen molar-refractivity contribution < 1.29 is 14.6 Å². The highest BCUT2D eigenvalue weighted by molar-refractivity contribution is 5.81. The maximum atomic E-state index is 12.2. The van der Waals surface area contributed by atoms with Gasteiger partial charge in [0.25, 0.3) is 5.91 Å². The van der Waals surface area contributed by atoms with Crippen molar-refractivity contribution in [1.29, 1.82) is 0 Å². The SMILES string of the molecule is CCC(Oc1ccccc1)C(=O)NC(C)(CC)CO. The molecule has 0 bridgehead atoms. The lowest BCUT2D eigenvalue weighted by Crippen LogP contribution is -2.52. The summed E-state index contributed by atoms with van der Waals surface area (Å²) in [4.78, 5) is 12.2. The van der Waals surface area contributed by atoms with Crippen molar-refractivity contribution in [1.82, 2.24) is 5.32 Å². The number of hydrogen-bond acceptors (Lipinski definition) is 3. The average Bonchev–Trinajstić information content (AvgIpc) is 2.45. The van der Waals surface area contributed by atoms with Crippen molar-refractivity contribution in [2.75, 3.05) is 6.61 Å². The van der Waals surface area contributed by atoms with Crippen LogP contribution in [0.5, 0.6) is 5.75 Å². The fraction of sp³-hybridized carbons (Fsp3) is 0.533. The lowest BCUT2D eigenvalue weighted by molar-refractivity contribution is -0.130. The fourth-order valence-electron chi connectivity index (χ4n) is 1.60. The van der Waals surface area contributed by atoms with Gasteiger partial charge in [-0.2, -0.15) is 0 Å². The minimum absolute atomic E-state index is 0.0863. The molecule has 2 N–H and O–H groups in total. The van der Waals surface area contributed by atoms with E-state index in [1.54, 1.807) is 0 Å². The van der Waals surface area contributed by atoms with Gasteiger partial charge >= 0.3 is 0 Å². The third kappa shape index (κ3) is 4.56. The maximum Gasteiger partial charge on any atom is 0.261 e. The van der Waals surface area contributed by atoms with Crippen LogP contribution >= 0.6 is 0 Å². The molecule has 19 heavy (non-hydrogen) atoms. The van der Waals surface area contributed by atoms with Crippen LogP contribution in [0.15, 0.2) is 30.3 Å². The van der Waals surface area contributed by atoms with E-state index < -0.39 is 11.6 Å². The minimum Gasteiger partial charge on any atom is -0.481 e. The number of aliphatic hydroxyl groups is 1. The number of hydrogen-bond donors (Lipinski definition) is 2. The van der Waals surface area contributed by atoms with Crippen LogP contribution in [0.1, 0.15) is 33.6 Å². The van der Waals surface area contributed by atoms with Crippen LogP contribution in [0, 0.1) is 0 Å². The van der Waals surface area contributed by atoms with Crippen molar-refractivity contribution in [2.45, 2.75) is 45.3 Å². The van der Waals surface area contributed by atoms with E-state index in [4.69, 9.17) is 4.74 Å². The highest BCUT2D eigenvalue weighted by atomic mass is 16.5. The Hall–Kier alpha value is -1.55. The predicted octanol–water partition coefficient (Wildman–Crippen LogP) is 2.12. The van der Waals surface area contributed by atoms with E-state index >= 15 is 0 Å². The molecule has 0 saturated heterocycles. The molecule has 2 unspecified atom stereocenters. The molecule has 1 aromatic carbocycles. The maximum absolute atomic E-state index is 12.2. The molecule has 1 aromatic rings. The molecule has 4 heteroatoms. The van der Waals surface area contributed by atoms with Crippen molar-refractivity contribution in [3.05, 3.63) is 30.3 Å². The Morgan fingerprint density at radius 3 is 2.47 bits per heavy atom. The van der Waals surface area contributed by atoms with Gasteiger partial charge in [-0.15, -0.1) is 0 Å². The molecule has 0 aromatic heterocycles. The molecule has 0 spiro atoms. The molecule has 0 radical (unpaired) electrons. The van der Waals surface area contributed by atoms with Crippen LogP contribution in [0.2, 0.25) is 0 Å². The third-order valence-corrected chi connectivity index (χ3v) is 3.24. The molecule has 1 rings (SSSR count). The Morgan fingerprint density at radius 1 is 1.37 bits per heavy atom. The number of benzene rings is 1. The smallest absolute Gasteiger partial charge is 0.261 e. The largest absolute Gasteiger partial charge is 0.481 e. The second-order valence-corrected chi connectivity index (χ2v) is 4.89. The fourth-order valence-corrected chi connectivity index (χ4v) is 1.60. The molecule has 0 saturated carbocycles. The summed E-state index contributed by atoms with van der Waals surface area (Å²) < 4.78 is 5.67. The van der Waals surface area contributed by atoms with Crippen LogP contribution in [0.25, 0.3) is 0 Å². The summed E-state index contributed by atoms with van der Waals surface area (Å²) in [5.74, 6) is 0.483. The van der Waals surface area contributed by atoms with Crippen LogP contribution in [-0.4, -0.2) is 29.3 Å². The van der Waals surface area contributed by atoms with Crippen molar-refractivity contribution in [2.24, 2.45) is 0 Å². The van der Waals surface area contributed by atoms with Gasteiger partial charge in [0.1, 0.15) is 5.75 Å². The first kappa shape index (κ1) is 15.5. The first-order chi connectivity index (χ1) is 9.04. The molecular weight excluding hydrogens is 242 g/mol. The summed E-state index contributed by atoms with van der Waals surface area (Å²) in [5.41, 5.74) is -0.593. The standard InChI is InChI=1S/C15H23NO3/c1-4-13(19-12-9-7-6-8-10-12)14(18)16-15(3,5-2)11-17/h6-10,13,17H,4-5,11H2,1-3H3,(H,16,18). The summed E-state index contributed by atoms with van der Waals surface area (Å²) in [6, 6.07) is 9.27. The van der Waals surface area contributed by atoms with Crippen LogP contribution in [0.4, 0.5) is 0 Å². The molecule has 0 aliphatic rings. The van der Waals surface area contributed by atoms with E-state index in [1.807, 2.05) is 51.1 Å². The summed E-state index contributed by atoms with van der Waals surface area (Å²) in [7, 11) is 0. The normalized spacial score (nSPS) is 15.4. The number of aliphatic hydroxyl groups excluding tert-OH is 1. The topological polar surface area (TPSA) is 58.6 Å². The second kappa shape index (κ2) is 7.14. The number of carbonyl (C=O) groups is 1. The second-order valence-electron chi connectivity index (χ2n) is 4.89. The summed E-state index contributed by atoms with van der Waals surface area (Å²) in [6.45, 7) is 5.56. The quantitative estimate of drug-likeness (QED) is 0.794. The molecule has 4 nitrogen and oxygen atoms in total. The molecule has 0 fully saturated rings. The summed E-state index contributed by atoms with van der Waals surface area (Å²) in [5, 5.41) is 12.2. The number of rotatable bonds is 7. The lowest BCUT2D eigenvalue weighted by atomic mass is 9.99. The van der Waals surface area contributed by atoms with E-state index in [9.17, 15) is 9.90 Å². The number of para-hydroxylation sites is 1. The van der Waals surface area contributed by atoms with Crippen molar-refractivity contribution in [3.63, 3.8) is 0 Å². The summed E-state index contributed by atoms with van der Waals surface area (Å²) in [6.07, 6.45) is 0.697. The van der Waals surface area contributed by atoms with Gasteiger partial charge in [-0.25, -0.2) is 0 Å². The van der Waals surface area contributed by atoms with E-state index in [2.05, 4.69) is 5.32 Å². The summed E-state index contributed by atoms with van der Waals surface area (Å²) >= 11 is 0.